The van der Waals surface area contributed by atoms with Gasteiger partial charge in [0.1, 0.15) is 6.33 Å². The summed E-state index contributed by atoms with van der Waals surface area (Å²) in [4.78, 5) is 11.1. The molecule has 1 aromatic carbocycles. The summed E-state index contributed by atoms with van der Waals surface area (Å²) in [5, 5.41) is 5.76. The standard InChI is InChI=1S/C18H19Cl2N5/c1-12-7-17(25-18(23-12)21-11-22-25)14-3-2-6-24(10-14)9-13-4-5-15(19)8-16(13)20/h4-5,7-8,11,14H,2-3,6,9-10H2,1H3. The lowest BCUT2D eigenvalue weighted by Gasteiger charge is -2.33. The van der Waals surface area contributed by atoms with E-state index < -0.39 is 0 Å². The summed E-state index contributed by atoms with van der Waals surface area (Å²) in [6.07, 6.45) is 3.86. The highest BCUT2D eigenvalue weighted by molar-refractivity contribution is 6.35. The van der Waals surface area contributed by atoms with Gasteiger partial charge in [-0.3, -0.25) is 4.90 Å². The summed E-state index contributed by atoms with van der Waals surface area (Å²) in [6, 6.07) is 7.85. The average Bonchev–Trinajstić information content (AvgIpc) is 3.05. The van der Waals surface area contributed by atoms with Crippen LogP contribution in [0.25, 0.3) is 5.78 Å². The monoisotopic (exact) mass is 375 g/mol. The maximum atomic E-state index is 6.34. The molecule has 1 saturated heterocycles. The van der Waals surface area contributed by atoms with Crippen LogP contribution >= 0.6 is 23.2 Å². The van der Waals surface area contributed by atoms with Gasteiger partial charge >= 0.3 is 0 Å². The fraction of sp³-hybridized carbons (Fsp3) is 0.389. The van der Waals surface area contributed by atoms with Crippen molar-refractivity contribution in [2.75, 3.05) is 13.1 Å². The van der Waals surface area contributed by atoms with Gasteiger partial charge in [0.2, 0.25) is 0 Å². The van der Waals surface area contributed by atoms with Gasteiger partial charge in [-0.2, -0.15) is 10.1 Å². The first-order valence-electron chi connectivity index (χ1n) is 8.44. The predicted octanol–water partition coefficient (Wildman–Crippen LogP) is 4.12. The number of halogens is 2. The van der Waals surface area contributed by atoms with Crippen LogP contribution in [0, 0.1) is 6.92 Å². The Morgan fingerprint density at radius 2 is 2.12 bits per heavy atom. The molecule has 130 valence electrons. The van der Waals surface area contributed by atoms with Crippen LogP contribution < -0.4 is 0 Å². The second kappa shape index (κ2) is 6.90. The van der Waals surface area contributed by atoms with Crippen molar-refractivity contribution in [2.45, 2.75) is 32.2 Å². The van der Waals surface area contributed by atoms with Crippen LogP contribution in [0.5, 0.6) is 0 Å². The molecule has 0 radical (unpaired) electrons. The molecule has 0 spiro atoms. The van der Waals surface area contributed by atoms with E-state index >= 15 is 0 Å². The molecule has 3 heterocycles. The SMILES string of the molecule is Cc1cc(C2CCCN(Cc3ccc(Cl)cc3Cl)C2)n2ncnc2n1. The van der Waals surface area contributed by atoms with Gasteiger partial charge in [-0.25, -0.2) is 9.50 Å². The van der Waals surface area contributed by atoms with Crippen molar-refractivity contribution >= 4 is 29.0 Å². The molecule has 1 aliphatic heterocycles. The van der Waals surface area contributed by atoms with E-state index in [0.29, 0.717) is 16.7 Å². The second-order valence-corrected chi connectivity index (χ2v) is 7.45. The molecule has 0 bridgehead atoms. The first-order valence-corrected chi connectivity index (χ1v) is 9.19. The second-order valence-electron chi connectivity index (χ2n) is 6.60. The summed E-state index contributed by atoms with van der Waals surface area (Å²) >= 11 is 12.3. The normalized spacial score (nSPS) is 18.8. The number of benzene rings is 1. The first-order chi connectivity index (χ1) is 12.1. The third-order valence-electron chi connectivity index (χ3n) is 4.74. The highest BCUT2D eigenvalue weighted by Gasteiger charge is 2.24. The Balaban J connectivity index is 1.57. The third-order valence-corrected chi connectivity index (χ3v) is 5.33. The van der Waals surface area contributed by atoms with E-state index in [-0.39, 0.29) is 0 Å². The Hall–Kier alpha value is -1.69. The Kier molecular flexibility index (Phi) is 4.63. The number of hydrogen-bond acceptors (Lipinski definition) is 4. The van der Waals surface area contributed by atoms with Crippen molar-refractivity contribution in [1.29, 1.82) is 0 Å². The van der Waals surface area contributed by atoms with Crippen LogP contribution in [-0.2, 0) is 6.54 Å². The maximum absolute atomic E-state index is 6.34. The van der Waals surface area contributed by atoms with E-state index in [2.05, 4.69) is 26.0 Å². The van der Waals surface area contributed by atoms with E-state index in [9.17, 15) is 0 Å². The molecule has 0 amide bonds. The zero-order chi connectivity index (χ0) is 17.4. The molecule has 0 N–H and O–H groups in total. The molecule has 0 aliphatic carbocycles. The zero-order valence-electron chi connectivity index (χ0n) is 14.0. The largest absolute Gasteiger partial charge is 0.298 e. The minimum Gasteiger partial charge on any atom is -0.298 e. The molecule has 1 aliphatic rings. The molecule has 5 nitrogen and oxygen atoms in total. The van der Waals surface area contributed by atoms with E-state index in [1.165, 1.54) is 5.69 Å². The Labute approximate surface area is 156 Å². The number of aryl methyl sites for hydroxylation is 1. The molecule has 7 heteroatoms. The minimum absolute atomic E-state index is 0.408. The lowest BCUT2D eigenvalue weighted by Crippen LogP contribution is -2.34. The van der Waals surface area contributed by atoms with Crippen molar-refractivity contribution in [3.63, 3.8) is 0 Å². The van der Waals surface area contributed by atoms with Gasteiger partial charge in [0.15, 0.2) is 0 Å². The van der Waals surface area contributed by atoms with E-state index in [1.807, 2.05) is 29.6 Å². The third kappa shape index (κ3) is 3.50. The number of aromatic nitrogens is 4. The summed E-state index contributed by atoms with van der Waals surface area (Å²) in [5.74, 6) is 1.08. The van der Waals surface area contributed by atoms with Gasteiger partial charge in [0.05, 0.1) is 5.69 Å². The minimum atomic E-state index is 0.408. The number of rotatable bonds is 3. The molecule has 1 fully saturated rings. The van der Waals surface area contributed by atoms with Gasteiger partial charge in [0.25, 0.3) is 5.78 Å². The lowest BCUT2D eigenvalue weighted by atomic mass is 9.93. The van der Waals surface area contributed by atoms with Gasteiger partial charge in [-0.15, -0.1) is 0 Å². The van der Waals surface area contributed by atoms with Gasteiger partial charge in [0, 0.05) is 34.7 Å². The summed E-state index contributed by atoms with van der Waals surface area (Å²) in [7, 11) is 0. The molecule has 1 unspecified atom stereocenters. The molecule has 4 rings (SSSR count). The van der Waals surface area contributed by atoms with E-state index in [0.717, 1.165) is 48.8 Å². The van der Waals surface area contributed by atoms with Crippen LogP contribution in [0.4, 0.5) is 0 Å². The fourth-order valence-corrected chi connectivity index (χ4v) is 4.05. The van der Waals surface area contributed by atoms with E-state index in [4.69, 9.17) is 23.2 Å². The number of hydrogen-bond donors (Lipinski definition) is 0. The molecule has 3 aromatic rings. The summed E-state index contributed by atoms with van der Waals surface area (Å²) < 4.78 is 1.87. The molecule has 0 saturated carbocycles. The molecule has 1 atom stereocenters. The van der Waals surface area contributed by atoms with Crippen LogP contribution in [0.3, 0.4) is 0 Å². The zero-order valence-corrected chi connectivity index (χ0v) is 15.5. The van der Waals surface area contributed by atoms with Crippen LogP contribution in [0.15, 0.2) is 30.6 Å². The highest BCUT2D eigenvalue weighted by atomic mass is 35.5. The smallest absolute Gasteiger partial charge is 0.252 e. The molecule has 25 heavy (non-hydrogen) atoms. The number of nitrogens with zero attached hydrogens (tertiary/aromatic N) is 5. The van der Waals surface area contributed by atoms with Crippen molar-refractivity contribution in [1.82, 2.24) is 24.5 Å². The first kappa shape index (κ1) is 16.8. The predicted molar refractivity (Wildman–Crippen MR) is 99.2 cm³/mol. The quantitative estimate of drug-likeness (QED) is 0.690. The number of fused-ring (bicyclic) bond motifs is 1. The molecular weight excluding hydrogens is 357 g/mol. The summed E-state index contributed by atoms with van der Waals surface area (Å²) in [6.45, 7) is 4.88. The molecular formula is C18H19Cl2N5. The lowest BCUT2D eigenvalue weighted by molar-refractivity contribution is 0.197. The summed E-state index contributed by atoms with van der Waals surface area (Å²) in [5.41, 5.74) is 3.28. The number of piperidine rings is 1. The van der Waals surface area contributed by atoms with Crippen LogP contribution in [0.1, 0.15) is 35.7 Å². The van der Waals surface area contributed by atoms with Crippen LogP contribution in [0.2, 0.25) is 10.0 Å². The van der Waals surface area contributed by atoms with Gasteiger partial charge < -0.3 is 0 Å². The van der Waals surface area contributed by atoms with Crippen molar-refractivity contribution in [3.8, 4) is 0 Å². The van der Waals surface area contributed by atoms with Crippen molar-refractivity contribution in [3.05, 3.63) is 57.6 Å². The topological polar surface area (TPSA) is 46.3 Å². The Bertz CT molecular complexity index is 908. The fourth-order valence-electron chi connectivity index (χ4n) is 3.58. The Morgan fingerprint density at radius 1 is 1.24 bits per heavy atom. The maximum Gasteiger partial charge on any atom is 0.252 e. The number of likely N-dealkylation sites (tertiary alicyclic amines) is 1. The highest BCUT2D eigenvalue weighted by Crippen LogP contribution is 2.29. The molecule has 2 aromatic heterocycles. The van der Waals surface area contributed by atoms with Gasteiger partial charge in [-0.05, 0) is 50.1 Å². The van der Waals surface area contributed by atoms with Crippen molar-refractivity contribution < 1.29 is 0 Å². The van der Waals surface area contributed by atoms with E-state index in [1.54, 1.807) is 6.33 Å². The Morgan fingerprint density at radius 3 is 2.96 bits per heavy atom. The van der Waals surface area contributed by atoms with Gasteiger partial charge in [-0.1, -0.05) is 29.3 Å². The van der Waals surface area contributed by atoms with Crippen molar-refractivity contribution in [2.24, 2.45) is 0 Å². The van der Waals surface area contributed by atoms with Crippen LogP contribution in [-0.4, -0.2) is 37.6 Å². The average molecular weight is 376 g/mol.